The minimum atomic E-state index is -0.180. The van der Waals surface area contributed by atoms with Crippen LogP contribution < -0.4 is 15.4 Å². The fraction of sp³-hybridized carbons (Fsp3) is 0.185. The van der Waals surface area contributed by atoms with Gasteiger partial charge in [-0.15, -0.1) is 10.2 Å². The van der Waals surface area contributed by atoms with Crippen LogP contribution in [0.3, 0.4) is 0 Å². The van der Waals surface area contributed by atoms with E-state index < -0.39 is 0 Å². The number of likely N-dealkylation sites (N-methyl/N-ethyl adjacent to an activating group) is 1. The number of halogens is 1. The number of aromatic nitrogens is 6. The normalized spacial score (nSPS) is 15.8. The van der Waals surface area contributed by atoms with Crippen LogP contribution in [-0.2, 0) is 4.79 Å². The van der Waals surface area contributed by atoms with Crippen LogP contribution in [0.5, 0.6) is 11.6 Å². The zero-order chi connectivity index (χ0) is 26.8. The van der Waals surface area contributed by atoms with Gasteiger partial charge in [0, 0.05) is 34.9 Å². The summed E-state index contributed by atoms with van der Waals surface area (Å²) < 4.78 is 7.52. The largest absolute Gasteiger partial charge is 0.437 e. The minimum absolute atomic E-state index is 0.180. The summed E-state index contributed by atoms with van der Waals surface area (Å²) in [6, 6.07) is 12.8. The number of hydrogen-bond acceptors (Lipinski definition) is 9. The molecule has 11 nitrogen and oxygen atoms in total. The first-order valence-electron chi connectivity index (χ1n) is 12.4. The van der Waals surface area contributed by atoms with E-state index in [4.69, 9.17) is 16.3 Å². The van der Waals surface area contributed by atoms with Crippen molar-refractivity contribution >= 4 is 51.3 Å². The van der Waals surface area contributed by atoms with Crippen LogP contribution in [0.4, 0.5) is 17.2 Å². The summed E-state index contributed by atoms with van der Waals surface area (Å²) in [6.07, 6.45) is 10.4. The minimum Gasteiger partial charge on any atom is -0.437 e. The van der Waals surface area contributed by atoms with Gasteiger partial charge in [0.15, 0.2) is 5.65 Å². The molecular weight excluding hydrogens is 518 g/mol. The molecule has 1 fully saturated rings. The van der Waals surface area contributed by atoms with Gasteiger partial charge in [0.25, 0.3) is 0 Å². The molecule has 2 aromatic carbocycles. The smallest absolute Gasteiger partial charge is 0.248 e. The molecule has 3 aromatic heterocycles. The monoisotopic (exact) mass is 541 g/mol. The number of ether oxygens (including phenoxy) is 1. The molecule has 1 atom stereocenters. The third-order valence-corrected chi connectivity index (χ3v) is 6.82. The lowest BCUT2D eigenvalue weighted by Gasteiger charge is -2.14. The molecule has 0 aliphatic carbocycles. The molecule has 1 aliphatic rings. The highest BCUT2D eigenvalue weighted by atomic mass is 35.5. The van der Waals surface area contributed by atoms with Crippen LogP contribution in [0.15, 0.2) is 73.6 Å². The number of nitrogens with zero attached hydrogens (tertiary/aromatic N) is 7. The number of rotatable bonds is 7. The van der Waals surface area contributed by atoms with Crippen LogP contribution in [0.2, 0.25) is 5.02 Å². The Labute approximate surface area is 228 Å². The summed E-state index contributed by atoms with van der Waals surface area (Å²) in [4.78, 5) is 27.8. The maximum absolute atomic E-state index is 12.5. The number of amides is 1. The molecule has 2 N–H and O–H groups in total. The number of carbonyl (C=O) groups is 1. The number of carbonyl (C=O) groups excluding carboxylic acids is 1. The second-order valence-electron chi connectivity index (χ2n) is 9.19. The van der Waals surface area contributed by atoms with E-state index in [1.807, 2.05) is 30.3 Å². The van der Waals surface area contributed by atoms with E-state index >= 15 is 0 Å². The highest BCUT2D eigenvalue weighted by Gasteiger charge is 2.18. The van der Waals surface area contributed by atoms with Gasteiger partial charge in [-0.2, -0.15) is 0 Å². The van der Waals surface area contributed by atoms with Gasteiger partial charge >= 0.3 is 0 Å². The predicted molar refractivity (Wildman–Crippen MR) is 149 cm³/mol. The third kappa shape index (κ3) is 5.49. The number of fused-ring (bicyclic) bond motifs is 2. The molecule has 12 heteroatoms. The molecular formula is C27H24ClN9O2. The lowest BCUT2D eigenvalue weighted by atomic mass is 10.2. The lowest BCUT2D eigenvalue weighted by Crippen LogP contribution is -2.23. The Balaban J connectivity index is 1.18. The first-order valence-corrected chi connectivity index (χ1v) is 12.7. The lowest BCUT2D eigenvalue weighted by molar-refractivity contribution is -0.111. The molecule has 5 aromatic rings. The summed E-state index contributed by atoms with van der Waals surface area (Å²) in [6.45, 7) is 1.05. The third-order valence-electron chi connectivity index (χ3n) is 6.52. The van der Waals surface area contributed by atoms with Gasteiger partial charge < -0.3 is 15.4 Å². The quantitative estimate of drug-likeness (QED) is 0.278. The topological polar surface area (TPSA) is 122 Å². The van der Waals surface area contributed by atoms with E-state index in [0.29, 0.717) is 45.5 Å². The molecule has 1 saturated heterocycles. The van der Waals surface area contributed by atoms with E-state index in [0.717, 1.165) is 30.3 Å². The first kappa shape index (κ1) is 24.7. The summed E-state index contributed by atoms with van der Waals surface area (Å²) in [5.74, 6) is 1.18. The van der Waals surface area contributed by atoms with Crippen molar-refractivity contribution in [2.45, 2.75) is 18.9 Å². The van der Waals surface area contributed by atoms with Crippen molar-refractivity contribution in [2.24, 2.45) is 0 Å². The number of nitrogens with one attached hydrogen (secondary N) is 2. The SMILES string of the molecule is CN1CCC[C@@H]1/C=C/C(=O)Nc1ccc2ncnc(Nc3ccc(Oc4cc5nncn5cn4)c(Cl)c3)c2c1. The number of hydrogen-bond donors (Lipinski definition) is 2. The van der Waals surface area contributed by atoms with Crippen molar-refractivity contribution in [3.8, 4) is 11.6 Å². The standard InChI is InChI=1S/C27H24ClN9O2/c1-36-10-2-3-19(36)6-9-25(38)33-17-4-7-22-20(11-17)27(30-14-29-22)34-18-5-8-23(21(28)12-18)39-26-13-24-35-32-16-37(24)15-31-26/h4-9,11-16,19H,2-3,10H2,1H3,(H,33,38)(H,29,30,34)/b9-6+/t19-/m1/s1. The molecule has 0 saturated carbocycles. The van der Waals surface area contributed by atoms with Crippen molar-refractivity contribution < 1.29 is 9.53 Å². The molecule has 0 radical (unpaired) electrons. The van der Waals surface area contributed by atoms with E-state index in [1.54, 1.807) is 41.3 Å². The Bertz CT molecular complexity index is 1700. The Kier molecular flexibility index (Phi) is 6.74. The maximum atomic E-state index is 12.5. The van der Waals surface area contributed by atoms with Crippen molar-refractivity contribution in [1.29, 1.82) is 0 Å². The van der Waals surface area contributed by atoms with Crippen LogP contribution >= 0.6 is 11.6 Å². The second-order valence-corrected chi connectivity index (χ2v) is 9.60. The summed E-state index contributed by atoms with van der Waals surface area (Å²) >= 11 is 6.51. The van der Waals surface area contributed by atoms with Gasteiger partial charge in [-0.25, -0.2) is 15.0 Å². The van der Waals surface area contributed by atoms with Crippen molar-refractivity contribution in [3.05, 3.63) is 78.6 Å². The van der Waals surface area contributed by atoms with E-state index in [9.17, 15) is 4.79 Å². The highest BCUT2D eigenvalue weighted by Crippen LogP contribution is 2.33. The van der Waals surface area contributed by atoms with Crippen molar-refractivity contribution in [1.82, 2.24) is 34.4 Å². The van der Waals surface area contributed by atoms with E-state index in [2.05, 4.69) is 47.7 Å². The molecule has 0 spiro atoms. The van der Waals surface area contributed by atoms with Crippen LogP contribution in [0, 0.1) is 0 Å². The van der Waals surface area contributed by atoms with Gasteiger partial charge in [0.2, 0.25) is 11.8 Å². The molecule has 1 aliphatic heterocycles. The van der Waals surface area contributed by atoms with Crippen LogP contribution in [0.1, 0.15) is 12.8 Å². The van der Waals surface area contributed by atoms with Crippen LogP contribution in [0.25, 0.3) is 16.6 Å². The summed E-state index contributed by atoms with van der Waals surface area (Å²) in [5, 5.41) is 15.2. The molecule has 0 bridgehead atoms. The number of anilines is 3. The van der Waals surface area contributed by atoms with Gasteiger partial charge in [0.05, 0.1) is 10.5 Å². The molecule has 1 amide bonds. The number of benzene rings is 2. The average molecular weight is 542 g/mol. The first-order chi connectivity index (χ1) is 19.0. The van der Waals surface area contributed by atoms with Crippen molar-refractivity contribution in [3.63, 3.8) is 0 Å². The fourth-order valence-corrected chi connectivity index (χ4v) is 4.69. The highest BCUT2D eigenvalue weighted by molar-refractivity contribution is 6.32. The van der Waals surface area contributed by atoms with Crippen molar-refractivity contribution in [2.75, 3.05) is 24.2 Å². The Morgan fingerprint density at radius 3 is 2.85 bits per heavy atom. The van der Waals surface area contributed by atoms with E-state index in [-0.39, 0.29) is 5.91 Å². The molecule has 196 valence electrons. The van der Waals surface area contributed by atoms with Gasteiger partial charge in [0.1, 0.15) is 30.5 Å². The summed E-state index contributed by atoms with van der Waals surface area (Å²) in [5.41, 5.74) is 2.69. The van der Waals surface area contributed by atoms with E-state index in [1.165, 1.54) is 6.33 Å². The second kappa shape index (κ2) is 10.6. The van der Waals surface area contributed by atoms with Gasteiger partial charge in [-0.3, -0.25) is 14.1 Å². The number of likely N-dealkylation sites (tertiary alicyclic amines) is 1. The molecule has 0 unspecified atom stereocenters. The summed E-state index contributed by atoms with van der Waals surface area (Å²) in [7, 11) is 2.07. The Morgan fingerprint density at radius 2 is 2.00 bits per heavy atom. The maximum Gasteiger partial charge on any atom is 0.248 e. The van der Waals surface area contributed by atoms with Gasteiger partial charge in [-0.05, 0) is 62.8 Å². The zero-order valence-electron chi connectivity index (χ0n) is 21.0. The Morgan fingerprint density at radius 1 is 1.10 bits per heavy atom. The Hall–Kier alpha value is -4.61. The van der Waals surface area contributed by atoms with Gasteiger partial charge in [-0.1, -0.05) is 17.7 Å². The predicted octanol–water partition coefficient (Wildman–Crippen LogP) is 4.85. The zero-order valence-corrected chi connectivity index (χ0v) is 21.7. The van der Waals surface area contributed by atoms with Crippen LogP contribution in [-0.4, -0.2) is 60.0 Å². The molecule has 39 heavy (non-hydrogen) atoms. The average Bonchev–Trinajstić information content (AvgIpc) is 3.57. The molecule has 6 rings (SSSR count). The molecule has 4 heterocycles. The fourth-order valence-electron chi connectivity index (χ4n) is 4.47.